The van der Waals surface area contributed by atoms with Gasteiger partial charge in [0.1, 0.15) is 11.2 Å². The summed E-state index contributed by atoms with van der Waals surface area (Å²) in [5, 5.41) is 14.8. The number of alkyl carbamates (subject to hydrolysis) is 2. The third kappa shape index (κ3) is 12.4. The van der Waals surface area contributed by atoms with Crippen LogP contribution in [0.5, 0.6) is 0 Å². The van der Waals surface area contributed by atoms with Gasteiger partial charge in [0.15, 0.2) is 0 Å². The van der Waals surface area contributed by atoms with Crippen molar-refractivity contribution in [3.8, 4) is 0 Å². The van der Waals surface area contributed by atoms with Gasteiger partial charge in [0, 0.05) is 30.3 Å². The molecule has 0 aromatic heterocycles. The van der Waals surface area contributed by atoms with Crippen LogP contribution in [-0.2, 0) is 14.2 Å². The molecule has 1 aliphatic rings. The summed E-state index contributed by atoms with van der Waals surface area (Å²) in [7, 11) is 0. The van der Waals surface area contributed by atoms with Crippen LogP contribution < -0.4 is 10.6 Å². The molecule has 1 unspecified atom stereocenters. The highest BCUT2D eigenvalue weighted by Crippen LogP contribution is 2.38. The Morgan fingerprint density at radius 1 is 1.05 bits per heavy atom. The van der Waals surface area contributed by atoms with Crippen LogP contribution in [0.4, 0.5) is 9.59 Å². The second-order valence-electron chi connectivity index (χ2n) is 12.8. The van der Waals surface area contributed by atoms with Crippen LogP contribution in [0.2, 0.25) is 0 Å². The van der Waals surface area contributed by atoms with Crippen molar-refractivity contribution in [1.82, 2.24) is 10.6 Å². The molecule has 0 saturated carbocycles. The zero-order valence-electron chi connectivity index (χ0n) is 27.8. The Kier molecular flexibility index (Phi) is 14.0. The van der Waals surface area contributed by atoms with E-state index in [4.69, 9.17) is 19.3 Å². The Labute approximate surface area is 263 Å². The summed E-state index contributed by atoms with van der Waals surface area (Å²) in [6.45, 7) is 19.7. The number of carbonyl (C=O) groups excluding carboxylic acids is 2. The van der Waals surface area contributed by atoms with E-state index in [1.807, 2.05) is 53.7 Å². The quantitative estimate of drug-likeness (QED) is 0.125. The van der Waals surface area contributed by atoms with E-state index in [-0.39, 0.29) is 12.5 Å². The molecule has 8 heteroatoms. The summed E-state index contributed by atoms with van der Waals surface area (Å²) in [6, 6.07) is 6.32. The Hall–Kier alpha value is -3.78. The fourth-order valence-corrected chi connectivity index (χ4v) is 4.87. The van der Waals surface area contributed by atoms with Crippen LogP contribution in [0.1, 0.15) is 103 Å². The van der Waals surface area contributed by atoms with Crippen molar-refractivity contribution in [1.29, 1.82) is 0 Å². The molecule has 1 aromatic carbocycles. The highest BCUT2D eigenvalue weighted by Gasteiger charge is 2.27. The second kappa shape index (κ2) is 16.9. The largest absolute Gasteiger partial charge is 0.501 e. The van der Waals surface area contributed by atoms with Gasteiger partial charge in [-0.25, -0.2) is 9.59 Å². The normalized spacial score (nSPS) is 16.2. The number of aryl methyl sites for hydroxylation is 1. The van der Waals surface area contributed by atoms with E-state index in [0.717, 1.165) is 39.2 Å². The van der Waals surface area contributed by atoms with E-state index in [1.165, 1.54) is 0 Å². The Morgan fingerprint density at radius 2 is 1.70 bits per heavy atom. The molecule has 1 aromatic rings. The molecule has 2 rings (SSSR count). The number of hydrogen-bond acceptors (Lipinski definition) is 6. The topological polar surface area (TPSA) is 106 Å². The second-order valence-corrected chi connectivity index (χ2v) is 12.8. The molecule has 242 valence electrons. The van der Waals surface area contributed by atoms with Crippen LogP contribution in [0.15, 0.2) is 72.3 Å². The fourth-order valence-electron chi connectivity index (χ4n) is 4.87. The van der Waals surface area contributed by atoms with Crippen LogP contribution in [0.25, 0.3) is 5.57 Å². The number of ether oxygens (including phenoxy) is 3. The highest BCUT2D eigenvalue weighted by molar-refractivity contribution is 5.75. The number of hydrogen-bond donors (Lipinski definition) is 3. The minimum atomic E-state index is -0.631. The van der Waals surface area contributed by atoms with Crippen molar-refractivity contribution in [2.45, 2.75) is 105 Å². The first-order valence-corrected chi connectivity index (χ1v) is 15.4. The summed E-state index contributed by atoms with van der Waals surface area (Å²) in [5.74, 6) is -0.193. The van der Waals surface area contributed by atoms with Gasteiger partial charge in [-0.1, -0.05) is 49.9 Å². The minimum Gasteiger partial charge on any atom is -0.501 e. The van der Waals surface area contributed by atoms with Gasteiger partial charge in [-0.3, -0.25) is 10.6 Å². The molecule has 0 saturated heterocycles. The van der Waals surface area contributed by atoms with Gasteiger partial charge in [0.25, 0.3) is 0 Å². The van der Waals surface area contributed by atoms with Gasteiger partial charge in [0.2, 0.25) is 0 Å². The van der Waals surface area contributed by atoms with Gasteiger partial charge in [0.05, 0.1) is 12.9 Å². The number of rotatable bonds is 12. The summed E-state index contributed by atoms with van der Waals surface area (Å²) in [6.07, 6.45) is 11.6. The molecular formula is C36H52N2O6. The van der Waals surface area contributed by atoms with Crippen molar-refractivity contribution >= 4 is 17.8 Å². The Bertz CT molecular complexity index is 1270. The fraction of sp³-hybridized carbons (Fsp3) is 0.500. The summed E-state index contributed by atoms with van der Waals surface area (Å²) in [4.78, 5) is 25.6. The van der Waals surface area contributed by atoms with E-state index in [0.29, 0.717) is 38.7 Å². The molecule has 0 aliphatic heterocycles. The number of benzene rings is 1. The average molecular weight is 609 g/mol. The van der Waals surface area contributed by atoms with Gasteiger partial charge in [-0.15, -0.1) is 0 Å². The first-order chi connectivity index (χ1) is 20.7. The first kappa shape index (κ1) is 36.4. The molecule has 0 heterocycles. The molecule has 0 radical (unpaired) electrons. The van der Waals surface area contributed by atoms with Crippen molar-refractivity contribution in [2.24, 2.45) is 0 Å². The van der Waals surface area contributed by atoms with E-state index < -0.39 is 23.4 Å². The lowest BCUT2D eigenvalue weighted by Crippen LogP contribution is -2.33. The Balaban J connectivity index is 2.47. The zero-order chi connectivity index (χ0) is 32.9. The maximum atomic E-state index is 12.8. The molecule has 8 nitrogen and oxygen atoms in total. The maximum Gasteiger partial charge on any atom is 0.411 e. The van der Waals surface area contributed by atoms with Crippen LogP contribution >= 0.6 is 0 Å². The highest BCUT2D eigenvalue weighted by atomic mass is 16.6. The van der Waals surface area contributed by atoms with Gasteiger partial charge >= 0.3 is 12.2 Å². The molecule has 1 atom stereocenters. The predicted octanol–water partition coefficient (Wildman–Crippen LogP) is 8.34. The van der Waals surface area contributed by atoms with E-state index >= 15 is 0 Å². The average Bonchev–Trinajstić information content (AvgIpc) is 3.06. The molecule has 3 N–H and O–H groups in total. The molecule has 2 amide bonds. The molecule has 0 fully saturated rings. The molecule has 1 aliphatic carbocycles. The van der Waals surface area contributed by atoms with Crippen molar-refractivity contribution < 1.29 is 28.9 Å². The lowest BCUT2D eigenvalue weighted by atomic mass is 9.84. The smallest absolute Gasteiger partial charge is 0.411 e. The summed E-state index contributed by atoms with van der Waals surface area (Å²) < 4.78 is 16.5. The number of aliphatic hydroxyl groups is 1. The Morgan fingerprint density at radius 3 is 2.27 bits per heavy atom. The number of carbonyl (C=O) groups is 2. The van der Waals surface area contributed by atoms with Gasteiger partial charge in [-0.05, 0) is 108 Å². The van der Waals surface area contributed by atoms with E-state index in [9.17, 15) is 9.59 Å². The molecule has 0 spiro atoms. The predicted molar refractivity (Wildman–Crippen MR) is 177 cm³/mol. The minimum absolute atomic E-state index is 0.110. The van der Waals surface area contributed by atoms with Crippen molar-refractivity contribution in [2.75, 3.05) is 13.2 Å². The van der Waals surface area contributed by atoms with E-state index in [2.05, 4.69) is 61.4 Å². The van der Waals surface area contributed by atoms with E-state index in [1.54, 1.807) is 6.26 Å². The van der Waals surface area contributed by atoms with Crippen molar-refractivity contribution in [3.05, 3.63) is 89.0 Å². The van der Waals surface area contributed by atoms with Crippen LogP contribution in [0, 0.1) is 6.92 Å². The SMILES string of the molecule is C=CC(=CCC=COCCCO)c1ccc(C2C=C(NC(=O)OC(C)(C)C)CCC(NC(=O)OC(C)(C)C)=C2CC)c(C)c1. The number of aliphatic hydroxyl groups excluding tert-OH is 1. The van der Waals surface area contributed by atoms with Crippen LogP contribution in [0.3, 0.4) is 0 Å². The molecule has 0 bridgehead atoms. The lowest BCUT2D eigenvalue weighted by molar-refractivity contribution is 0.0528. The standard InChI is InChI=1S/C36H52N2O6/c1-10-26(15-12-13-21-42-22-14-20-39)27-16-18-30(25(3)23-27)31-24-28(37-33(40)43-35(4,5)6)17-19-32(29(31)11-2)38-34(41)44-36(7,8)9/h10,13,15-16,18,21,23-24,31,39H,1,11-12,14,17,19-20,22H2,2-9H3,(H,37,40)(H,38,41). The van der Waals surface area contributed by atoms with Gasteiger partial charge in [-0.2, -0.15) is 0 Å². The van der Waals surface area contributed by atoms with Gasteiger partial charge < -0.3 is 19.3 Å². The lowest BCUT2D eigenvalue weighted by Gasteiger charge is -2.24. The summed E-state index contributed by atoms with van der Waals surface area (Å²) in [5.41, 5.74) is 5.51. The zero-order valence-corrected chi connectivity index (χ0v) is 27.8. The third-order valence-electron chi connectivity index (χ3n) is 6.71. The number of nitrogens with one attached hydrogen (secondary N) is 2. The summed E-state index contributed by atoms with van der Waals surface area (Å²) >= 11 is 0. The first-order valence-electron chi connectivity index (χ1n) is 15.4. The molecule has 44 heavy (non-hydrogen) atoms. The van der Waals surface area contributed by atoms with Crippen LogP contribution in [-0.4, -0.2) is 41.7 Å². The molecular weight excluding hydrogens is 556 g/mol. The monoisotopic (exact) mass is 608 g/mol. The van der Waals surface area contributed by atoms with Crippen molar-refractivity contribution in [3.63, 3.8) is 0 Å². The maximum absolute atomic E-state index is 12.8. The third-order valence-corrected chi connectivity index (χ3v) is 6.71. The number of amides is 2. The number of allylic oxidation sites excluding steroid dienone is 8.